The molecule has 0 fully saturated rings. The van der Waals surface area contributed by atoms with Gasteiger partial charge in [-0.1, -0.05) is 40.9 Å². The lowest BCUT2D eigenvalue weighted by molar-refractivity contribution is 0.583. The van der Waals surface area contributed by atoms with Crippen molar-refractivity contribution < 1.29 is 0 Å². The maximum atomic E-state index is 6.14. The van der Waals surface area contributed by atoms with Crippen LogP contribution in [0.15, 0.2) is 29.8 Å². The first-order chi connectivity index (χ1) is 7.66. The largest absolute Gasteiger partial charge is 0.327 e. The maximum Gasteiger partial charge on any atom is 0.0456 e. The van der Waals surface area contributed by atoms with E-state index >= 15 is 0 Å². The van der Waals surface area contributed by atoms with Crippen LogP contribution in [0.3, 0.4) is 0 Å². The monoisotopic (exact) mass is 255 g/mol. The van der Waals surface area contributed by atoms with E-state index in [9.17, 15) is 0 Å². The second kappa shape index (κ2) is 5.22. The van der Waals surface area contributed by atoms with Gasteiger partial charge in [-0.05, 0) is 43.4 Å². The molecule has 1 atom stereocenters. The molecule has 0 heterocycles. The molecule has 1 unspecified atom stereocenters. The molecule has 1 aliphatic carbocycles. The fourth-order valence-corrected chi connectivity index (χ4v) is 2.53. The van der Waals surface area contributed by atoms with E-state index in [0.29, 0.717) is 6.04 Å². The highest BCUT2D eigenvalue weighted by molar-refractivity contribution is 6.36. The van der Waals surface area contributed by atoms with E-state index in [-0.39, 0.29) is 0 Å². The third-order valence-electron chi connectivity index (χ3n) is 3.01. The SMILES string of the molecule is NC1CC=C(Cc2c(Cl)cccc2Cl)CC1. The Labute approximate surface area is 106 Å². The van der Waals surface area contributed by atoms with Crippen LogP contribution in [-0.2, 0) is 6.42 Å². The van der Waals surface area contributed by atoms with Crippen molar-refractivity contribution >= 4 is 23.2 Å². The number of halogens is 2. The first-order valence-corrected chi connectivity index (χ1v) is 6.29. The molecule has 0 aromatic heterocycles. The number of hydrogen-bond donors (Lipinski definition) is 1. The summed E-state index contributed by atoms with van der Waals surface area (Å²) >= 11 is 12.3. The molecule has 0 amide bonds. The van der Waals surface area contributed by atoms with E-state index in [1.807, 2.05) is 18.2 Å². The fraction of sp³-hybridized carbons (Fsp3) is 0.385. The molecule has 3 heteroatoms. The lowest BCUT2D eigenvalue weighted by Crippen LogP contribution is -2.22. The van der Waals surface area contributed by atoms with E-state index < -0.39 is 0 Å². The molecule has 0 saturated heterocycles. The van der Waals surface area contributed by atoms with Gasteiger partial charge in [0, 0.05) is 16.1 Å². The van der Waals surface area contributed by atoms with E-state index in [2.05, 4.69) is 6.08 Å². The molecule has 0 saturated carbocycles. The van der Waals surface area contributed by atoms with Gasteiger partial charge < -0.3 is 5.73 Å². The van der Waals surface area contributed by atoms with Crippen LogP contribution in [0.5, 0.6) is 0 Å². The minimum absolute atomic E-state index is 0.325. The average Bonchev–Trinajstić information content (AvgIpc) is 2.26. The van der Waals surface area contributed by atoms with Gasteiger partial charge in [0.15, 0.2) is 0 Å². The van der Waals surface area contributed by atoms with Crippen molar-refractivity contribution in [3.8, 4) is 0 Å². The molecule has 2 N–H and O–H groups in total. The highest BCUT2D eigenvalue weighted by Gasteiger charge is 2.13. The number of benzene rings is 1. The zero-order valence-electron chi connectivity index (χ0n) is 9.05. The molecular weight excluding hydrogens is 241 g/mol. The lowest BCUT2D eigenvalue weighted by atomic mass is 9.91. The Bertz CT molecular complexity index is 392. The molecule has 1 nitrogen and oxygen atoms in total. The van der Waals surface area contributed by atoms with Crippen molar-refractivity contribution in [1.29, 1.82) is 0 Å². The van der Waals surface area contributed by atoms with Crippen molar-refractivity contribution in [2.75, 3.05) is 0 Å². The van der Waals surface area contributed by atoms with Crippen LogP contribution >= 0.6 is 23.2 Å². The van der Waals surface area contributed by atoms with Gasteiger partial charge in [-0.15, -0.1) is 0 Å². The second-order valence-electron chi connectivity index (χ2n) is 4.27. The maximum absolute atomic E-state index is 6.14. The third-order valence-corrected chi connectivity index (χ3v) is 3.72. The Morgan fingerprint density at radius 1 is 1.25 bits per heavy atom. The van der Waals surface area contributed by atoms with Crippen molar-refractivity contribution in [1.82, 2.24) is 0 Å². The van der Waals surface area contributed by atoms with Crippen LogP contribution in [0.4, 0.5) is 0 Å². The third kappa shape index (κ3) is 2.79. The molecule has 2 rings (SSSR count). The molecule has 1 aromatic carbocycles. The van der Waals surface area contributed by atoms with Crippen molar-refractivity contribution in [3.05, 3.63) is 45.5 Å². The van der Waals surface area contributed by atoms with Gasteiger partial charge in [-0.25, -0.2) is 0 Å². The van der Waals surface area contributed by atoms with Crippen LogP contribution < -0.4 is 5.73 Å². The zero-order chi connectivity index (χ0) is 11.5. The van der Waals surface area contributed by atoms with Crippen LogP contribution in [0.25, 0.3) is 0 Å². The Morgan fingerprint density at radius 2 is 1.94 bits per heavy atom. The smallest absolute Gasteiger partial charge is 0.0456 e. The Morgan fingerprint density at radius 3 is 2.50 bits per heavy atom. The van der Waals surface area contributed by atoms with Gasteiger partial charge in [0.25, 0.3) is 0 Å². The molecule has 0 radical (unpaired) electrons. The number of rotatable bonds is 2. The van der Waals surface area contributed by atoms with Gasteiger partial charge in [0.2, 0.25) is 0 Å². The summed E-state index contributed by atoms with van der Waals surface area (Å²) < 4.78 is 0. The minimum atomic E-state index is 0.325. The van der Waals surface area contributed by atoms with Crippen LogP contribution in [0.2, 0.25) is 10.0 Å². The predicted octanol–water partition coefficient (Wildman–Crippen LogP) is 3.97. The molecule has 1 aliphatic rings. The van der Waals surface area contributed by atoms with Crippen molar-refractivity contribution in [2.45, 2.75) is 31.7 Å². The topological polar surface area (TPSA) is 26.0 Å². The van der Waals surface area contributed by atoms with E-state index in [0.717, 1.165) is 41.3 Å². The Hall–Kier alpha value is -0.500. The highest BCUT2D eigenvalue weighted by atomic mass is 35.5. The van der Waals surface area contributed by atoms with Gasteiger partial charge >= 0.3 is 0 Å². The summed E-state index contributed by atoms with van der Waals surface area (Å²) in [7, 11) is 0. The molecular formula is C13H15Cl2N. The minimum Gasteiger partial charge on any atom is -0.327 e. The van der Waals surface area contributed by atoms with Gasteiger partial charge in [-0.2, -0.15) is 0 Å². The van der Waals surface area contributed by atoms with Crippen LogP contribution in [-0.4, -0.2) is 6.04 Å². The van der Waals surface area contributed by atoms with Crippen LogP contribution in [0.1, 0.15) is 24.8 Å². The summed E-state index contributed by atoms with van der Waals surface area (Å²) in [5.41, 5.74) is 8.29. The quantitative estimate of drug-likeness (QED) is 0.796. The summed E-state index contributed by atoms with van der Waals surface area (Å²) in [5.74, 6) is 0. The summed E-state index contributed by atoms with van der Waals surface area (Å²) in [5, 5.41) is 1.51. The van der Waals surface area contributed by atoms with E-state index in [1.165, 1.54) is 5.57 Å². The average molecular weight is 256 g/mol. The Kier molecular flexibility index (Phi) is 3.91. The first kappa shape index (κ1) is 12.0. The lowest BCUT2D eigenvalue weighted by Gasteiger charge is -2.19. The second-order valence-corrected chi connectivity index (χ2v) is 5.09. The van der Waals surface area contributed by atoms with Crippen molar-refractivity contribution in [2.24, 2.45) is 5.73 Å². The summed E-state index contributed by atoms with van der Waals surface area (Å²) in [6, 6.07) is 5.97. The fourth-order valence-electron chi connectivity index (χ4n) is 2.00. The van der Waals surface area contributed by atoms with E-state index in [4.69, 9.17) is 28.9 Å². The Balaban J connectivity index is 2.15. The van der Waals surface area contributed by atoms with Crippen molar-refractivity contribution in [3.63, 3.8) is 0 Å². The summed E-state index contributed by atoms with van der Waals surface area (Å²) in [6.07, 6.45) is 6.17. The van der Waals surface area contributed by atoms with E-state index in [1.54, 1.807) is 0 Å². The standard InChI is InChI=1S/C13H15Cl2N/c14-12-2-1-3-13(15)11(12)8-9-4-6-10(16)7-5-9/h1-4,10H,5-8,16H2. The molecule has 86 valence electrons. The molecule has 1 aromatic rings. The number of hydrogen-bond acceptors (Lipinski definition) is 1. The molecule has 0 spiro atoms. The molecule has 0 aliphatic heterocycles. The summed E-state index contributed by atoms with van der Waals surface area (Å²) in [6.45, 7) is 0. The first-order valence-electron chi connectivity index (χ1n) is 5.53. The predicted molar refractivity (Wildman–Crippen MR) is 70.1 cm³/mol. The van der Waals surface area contributed by atoms with Gasteiger partial charge in [0.1, 0.15) is 0 Å². The highest BCUT2D eigenvalue weighted by Crippen LogP contribution is 2.29. The van der Waals surface area contributed by atoms with Gasteiger partial charge in [-0.3, -0.25) is 0 Å². The number of nitrogens with two attached hydrogens (primary N) is 1. The van der Waals surface area contributed by atoms with Gasteiger partial charge in [0.05, 0.1) is 0 Å². The normalized spacial score (nSPS) is 20.7. The molecule has 0 bridgehead atoms. The zero-order valence-corrected chi connectivity index (χ0v) is 10.6. The summed E-state index contributed by atoms with van der Waals surface area (Å²) in [4.78, 5) is 0. The van der Waals surface area contributed by atoms with Crippen LogP contribution in [0, 0.1) is 0 Å². The molecule has 16 heavy (non-hydrogen) atoms. The number of allylic oxidation sites excluding steroid dienone is 1.